The highest BCUT2D eigenvalue weighted by Gasteiger charge is 1.88. The van der Waals surface area contributed by atoms with E-state index in [4.69, 9.17) is 0 Å². The second-order valence-corrected chi connectivity index (χ2v) is 1.36. The minimum absolute atomic E-state index is 0.516. The van der Waals surface area contributed by atoms with Gasteiger partial charge in [-0.3, -0.25) is 0 Å². The Morgan fingerprint density at radius 1 is 1.56 bits per heavy atom. The lowest BCUT2D eigenvalue weighted by atomic mass is 10.6. The third-order valence-electron chi connectivity index (χ3n) is 0.672. The standard InChI is InChI=1S/C4H5FN2.C2H6/c1-3-2-6-4(5)7-3;1-2/h2H,1H3,(H,6,7);1-2H3. The zero-order valence-corrected chi connectivity index (χ0v) is 5.90. The van der Waals surface area contributed by atoms with Crippen molar-refractivity contribution in [2.24, 2.45) is 0 Å². The van der Waals surface area contributed by atoms with Gasteiger partial charge in [0.25, 0.3) is 6.08 Å². The zero-order chi connectivity index (χ0) is 7.28. The quantitative estimate of drug-likeness (QED) is 0.570. The predicted octanol–water partition coefficient (Wildman–Crippen LogP) is 1.88. The molecule has 2 nitrogen and oxygen atoms in total. The highest BCUT2D eigenvalue weighted by atomic mass is 19.1. The molecule has 0 unspecified atom stereocenters. The Morgan fingerprint density at radius 3 is 2.22 bits per heavy atom. The first-order chi connectivity index (χ1) is 4.29. The highest BCUT2D eigenvalue weighted by Crippen LogP contribution is 1.89. The smallest absolute Gasteiger partial charge is 0.286 e. The van der Waals surface area contributed by atoms with Gasteiger partial charge in [-0.25, -0.2) is 4.98 Å². The summed E-state index contributed by atoms with van der Waals surface area (Å²) in [6, 6.07) is 0. The molecule has 0 amide bonds. The van der Waals surface area contributed by atoms with Crippen LogP contribution < -0.4 is 0 Å². The number of aromatic amines is 1. The van der Waals surface area contributed by atoms with Gasteiger partial charge in [-0.05, 0) is 6.92 Å². The lowest BCUT2D eigenvalue weighted by molar-refractivity contribution is 0.551. The zero-order valence-electron chi connectivity index (χ0n) is 5.90. The van der Waals surface area contributed by atoms with Gasteiger partial charge in [-0.1, -0.05) is 13.8 Å². The number of aryl methyl sites for hydroxylation is 1. The molecule has 0 saturated carbocycles. The number of rotatable bonds is 0. The van der Waals surface area contributed by atoms with Crippen LogP contribution in [0.4, 0.5) is 4.39 Å². The molecule has 1 aromatic heterocycles. The number of H-pyrrole nitrogens is 1. The molecule has 52 valence electrons. The predicted molar refractivity (Wildman–Crippen MR) is 34.6 cm³/mol. The van der Waals surface area contributed by atoms with E-state index in [2.05, 4.69) is 9.97 Å². The van der Waals surface area contributed by atoms with Gasteiger partial charge in [-0.2, -0.15) is 4.39 Å². The van der Waals surface area contributed by atoms with Crippen LogP contribution in [-0.2, 0) is 0 Å². The maximum atomic E-state index is 11.8. The molecule has 0 bridgehead atoms. The fourth-order valence-corrected chi connectivity index (χ4v) is 0.381. The molecule has 1 aromatic rings. The number of nitrogens with zero attached hydrogens (tertiary/aromatic N) is 1. The van der Waals surface area contributed by atoms with Crippen LogP contribution in [0.15, 0.2) is 6.20 Å². The molecule has 0 aromatic carbocycles. The molecule has 9 heavy (non-hydrogen) atoms. The van der Waals surface area contributed by atoms with Crippen LogP contribution in [-0.4, -0.2) is 9.97 Å². The topological polar surface area (TPSA) is 28.7 Å². The van der Waals surface area contributed by atoms with Crippen molar-refractivity contribution in [1.29, 1.82) is 0 Å². The summed E-state index contributed by atoms with van der Waals surface area (Å²) in [5.74, 6) is 0. The second kappa shape index (κ2) is 4.06. The number of aromatic nitrogens is 2. The van der Waals surface area contributed by atoms with E-state index in [9.17, 15) is 4.39 Å². The Bertz CT molecular complexity index is 143. The summed E-state index contributed by atoms with van der Waals surface area (Å²) in [7, 11) is 0. The third kappa shape index (κ3) is 2.85. The highest BCUT2D eigenvalue weighted by molar-refractivity contribution is 4.89. The van der Waals surface area contributed by atoms with Crippen molar-refractivity contribution in [3.8, 4) is 0 Å². The van der Waals surface area contributed by atoms with Crippen molar-refractivity contribution >= 4 is 0 Å². The van der Waals surface area contributed by atoms with E-state index in [1.165, 1.54) is 6.20 Å². The number of hydrogen-bond acceptors (Lipinski definition) is 1. The molecule has 0 atom stereocenters. The van der Waals surface area contributed by atoms with Crippen LogP contribution in [0.2, 0.25) is 0 Å². The largest absolute Gasteiger partial charge is 0.318 e. The minimum Gasteiger partial charge on any atom is -0.318 e. The Labute approximate surface area is 54.1 Å². The van der Waals surface area contributed by atoms with E-state index < -0.39 is 6.08 Å². The molecule has 0 saturated heterocycles. The molecule has 3 heteroatoms. The van der Waals surface area contributed by atoms with Crippen LogP contribution in [0.5, 0.6) is 0 Å². The Hall–Kier alpha value is -0.860. The molecule has 0 aliphatic rings. The van der Waals surface area contributed by atoms with Gasteiger partial charge < -0.3 is 4.98 Å². The van der Waals surface area contributed by atoms with Gasteiger partial charge in [0.05, 0.1) is 6.20 Å². The fraction of sp³-hybridized carbons (Fsp3) is 0.500. The molecule has 0 aliphatic heterocycles. The van der Waals surface area contributed by atoms with Crippen molar-refractivity contribution in [2.75, 3.05) is 0 Å². The van der Waals surface area contributed by atoms with E-state index in [0.29, 0.717) is 0 Å². The van der Waals surface area contributed by atoms with Crippen molar-refractivity contribution in [3.05, 3.63) is 18.0 Å². The first kappa shape index (κ1) is 8.14. The van der Waals surface area contributed by atoms with Gasteiger partial charge in [0.1, 0.15) is 0 Å². The lowest BCUT2D eigenvalue weighted by Crippen LogP contribution is -1.71. The lowest BCUT2D eigenvalue weighted by Gasteiger charge is -1.70. The van der Waals surface area contributed by atoms with Gasteiger partial charge in [0.15, 0.2) is 0 Å². The number of imidazole rings is 1. The molecule has 0 fully saturated rings. The summed E-state index contributed by atoms with van der Waals surface area (Å²) in [6.45, 7) is 5.75. The van der Waals surface area contributed by atoms with Crippen LogP contribution in [0, 0.1) is 13.0 Å². The molecular formula is C6H11FN2. The third-order valence-corrected chi connectivity index (χ3v) is 0.672. The van der Waals surface area contributed by atoms with Gasteiger partial charge in [0.2, 0.25) is 0 Å². The van der Waals surface area contributed by atoms with Gasteiger partial charge in [0, 0.05) is 5.69 Å². The molecule has 1 rings (SSSR count). The van der Waals surface area contributed by atoms with E-state index in [0.717, 1.165) is 5.69 Å². The Morgan fingerprint density at radius 2 is 2.11 bits per heavy atom. The molecule has 0 radical (unpaired) electrons. The fourth-order valence-electron chi connectivity index (χ4n) is 0.381. The maximum absolute atomic E-state index is 11.8. The van der Waals surface area contributed by atoms with Crippen LogP contribution in [0.25, 0.3) is 0 Å². The second-order valence-electron chi connectivity index (χ2n) is 1.36. The van der Waals surface area contributed by atoms with Crippen molar-refractivity contribution < 1.29 is 4.39 Å². The van der Waals surface area contributed by atoms with Crippen molar-refractivity contribution in [3.63, 3.8) is 0 Å². The number of hydrogen-bond donors (Lipinski definition) is 1. The SMILES string of the molecule is CC.Cc1cnc(F)[nH]1. The summed E-state index contributed by atoms with van der Waals surface area (Å²) in [5.41, 5.74) is 0.748. The summed E-state index contributed by atoms with van der Waals surface area (Å²) < 4.78 is 11.8. The Balaban J connectivity index is 0.000000291. The molecule has 0 spiro atoms. The van der Waals surface area contributed by atoms with Crippen LogP contribution in [0.3, 0.4) is 0 Å². The summed E-state index contributed by atoms with van der Waals surface area (Å²) in [5, 5.41) is 0. The average molecular weight is 130 g/mol. The maximum Gasteiger partial charge on any atom is 0.286 e. The van der Waals surface area contributed by atoms with Gasteiger partial charge in [-0.15, -0.1) is 0 Å². The number of halogens is 1. The summed E-state index contributed by atoms with van der Waals surface area (Å²) >= 11 is 0. The molecule has 0 aliphatic carbocycles. The van der Waals surface area contributed by atoms with E-state index in [-0.39, 0.29) is 0 Å². The van der Waals surface area contributed by atoms with E-state index in [1.807, 2.05) is 13.8 Å². The van der Waals surface area contributed by atoms with Crippen LogP contribution >= 0.6 is 0 Å². The summed E-state index contributed by atoms with van der Waals surface area (Å²) in [6.07, 6.45) is 0.924. The normalized spacial score (nSPS) is 8.00. The minimum atomic E-state index is -0.516. The first-order valence-electron chi connectivity index (χ1n) is 2.96. The van der Waals surface area contributed by atoms with Crippen molar-refractivity contribution in [1.82, 2.24) is 9.97 Å². The first-order valence-corrected chi connectivity index (χ1v) is 2.96. The Kier molecular flexibility index (Phi) is 3.67. The van der Waals surface area contributed by atoms with Gasteiger partial charge >= 0.3 is 0 Å². The van der Waals surface area contributed by atoms with E-state index in [1.54, 1.807) is 6.92 Å². The van der Waals surface area contributed by atoms with E-state index >= 15 is 0 Å². The van der Waals surface area contributed by atoms with Crippen molar-refractivity contribution in [2.45, 2.75) is 20.8 Å². The molecule has 1 N–H and O–H groups in total. The number of nitrogens with one attached hydrogen (secondary N) is 1. The van der Waals surface area contributed by atoms with Crippen LogP contribution in [0.1, 0.15) is 19.5 Å². The monoisotopic (exact) mass is 130 g/mol. The summed E-state index contributed by atoms with van der Waals surface area (Å²) in [4.78, 5) is 5.66. The average Bonchev–Trinajstić information content (AvgIpc) is 2.20. The molecular weight excluding hydrogens is 119 g/mol. The molecule has 1 heterocycles.